The van der Waals surface area contributed by atoms with Gasteiger partial charge in [0.25, 0.3) is 0 Å². The van der Waals surface area contributed by atoms with Crippen molar-refractivity contribution in [2.45, 2.75) is 0 Å². The lowest BCUT2D eigenvalue weighted by atomic mass is 9.93. The molecular formula is C40H23Br2Cl3I2. The largest absolute Gasteiger partial charge is 0.0843 e. The summed E-state index contributed by atoms with van der Waals surface area (Å²) >= 11 is 23.6. The molecule has 0 aromatic heterocycles. The van der Waals surface area contributed by atoms with E-state index in [1.807, 2.05) is 72.8 Å². The first-order chi connectivity index (χ1) is 22.9. The van der Waals surface area contributed by atoms with Crippen molar-refractivity contribution in [3.8, 4) is 34.1 Å². The van der Waals surface area contributed by atoms with Crippen LogP contribution in [0.5, 0.6) is 0 Å². The summed E-state index contributed by atoms with van der Waals surface area (Å²) in [4.78, 5) is 0. The van der Waals surface area contributed by atoms with Crippen LogP contribution in [0.1, 0.15) is 11.1 Å². The molecule has 0 nitrogen and oxygen atoms in total. The predicted molar refractivity (Wildman–Crippen MR) is 229 cm³/mol. The highest BCUT2D eigenvalue weighted by atomic mass is 127. The van der Waals surface area contributed by atoms with E-state index < -0.39 is 0 Å². The van der Waals surface area contributed by atoms with Gasteiger partial charge in [-0.1, -0.05) is 148 Å². The van der Waals surface area contributed by atoms with Gasteiger partial charge < -0.3 is 0 Å². The van der Waals surface area contributed by atoms with Gasteiger partial charge in [0.05, 0.1) is 0 Å². The van der Waals surface area contributed by atoms with E-state index in [1.165, 1.54) is 30.7 Å². The Kier molecular flexibility index (Phi) is 13.5. The van der Waals surface area contributed by atoms with E-state index in [0.29, 0.717) is 5.02 Å². The van der Waals surface area contributed by atoms with Gasteiger partial charge in [-0.3, -0.25) is 0 Å². The number of rotatable bonds is 2. The third-order valence-electron chi connectivity index (χ3n) is 7.34. The summed E-state index contributed by atoms with van der Waals surface area (Å²) in [5.41, 5.74) is 6.54. The highest BCUT2D eigenvalue weighted by molar-refractivity contribution is 14.1. The molecule has 232 valence electrons. The van der Waals surface area contributed by atoms with Crippen molar-refractivity contribution in [2.75, 3.05) is 0 Å². The molecule has 0 aliphatic rings. The Labute approximate surface area is 333 Å². The number of hydrogen-bond acceptors (Lipinski definition) is 0. The lowest BCUT2D eigenvalue weighted by Gasteiger charge is -2.15. The molecule has 0 bridgehead atoms. The van der Waals surface area contributed by atoms with Crippen LogP contribution in [0, 0.1) is 15.4 Å². The average molecular weight is 1020 g/mol. The van der Waals surface area contributed by atoms with Gasteiger partial charge in [-0.05, 0) is 128 Å². The summed E-state index contributed by atoms with van der Waals surface area (Å²) in [6, 6.07) is 47.1. The van der Waals surface area contributed by atoms with Crippen LogP contribution in [-0.4, -0.2) is 0 Å². The molecule has 0 radical (unpaired) electrons. The molecule has 0 amide bonds. The summed E-state index contributed by atoms with van der Waals surface area (Å²) in [6.07, 6.45) is 0. The minimum atomic E-state index is 0.684. The molecule has 0 fully saturated rings. The van der Waals surface area contributed by atoms with Crippen molar-refractivity contribution in [3.05, 3.63) is 173 Å². The van der Waals surface area contributed by atoms with Gasteiger partial charge in [-0.2, -0.15) is 0 Å². The fourth-order valence-electron chi connectivity index (χ4n) is 5.24. The Morgan fingerprint density at radius 1 is 0.468 bits per heavy atom. The van der Waals surface area contributed by atoms with Crippen LogP contribution < -0.4 is 0 Å². The van der Waals surface area contributed by atoms with Crippen molar-refractivity contribution in [1.29, 1.82) is 0 Å². The third-order valence-corrected chi connectivity index (χ3v) is 10.3. The van der Waals surface area contributed by atoms with Crippen LogP contribution in [0.3, 0.4) is 0 Å². The lowest BCUT2D eigenvalue weighted by Crippen LogP contribution is -1.91. The van der Waals surface area contributed by atoms with Crippen LogP contribution in [0.15, 0.2) is 148 Å². The minimum absolute atomic E-state index is 0.684. The smallest absolute Gasteiger partial charge is 0.0425 e. The van der Waals surface area contributed by atoms with Crippen LogP contribution in [0.2, 0.25) is 10.0 Å². The second-order valence-corrected chi connectivity index (χ2v) is 13.9. The number of hydrogen-bond donors (Lipinski definition) is 0. The Bertz CT molecular complexity index is 2240. The van der Waals surface area contributed by atoms with Gasteiger partial charge in [0, 0.05) is 60.7 Å². The molecule has 0 N–H and O–H groups in total. The summed E-state index contributed by atoms with van der Waals surface area (Å²) in [7, 11) is 4.61. The SMILES string of the molecule is ClI.Clc1ccc(Br)c(-c2c(I)c3ccccc3c3ccccc23)c1.Clc1ccc(Br)c(C#Cc2ccccc2-c2ccccc2)c1. The van der Waals surface area contributed by atoms with Crippen LogP contribution >= 0.6 is 108 Å². The van der Waals surface area contributed by atoms with E-state index in [-0.39, 0.29) is 0 Å². The molecule has 0 aliphatic heterocycles. The maximum atomic E-state index is 6.27. The average Bonchev–Trinajstić information content (AvgIpc) is 3.12. The molecular weight excluding hydrogens is 1000 g/mol. The highest BCUT2D eigenvalue weighted by Crippen LogP contribution is 2.42. The summed E-state index contributed by atoms with van der Waals surface area (Å²) in [5, 5.41) is 6.51. The van der Waals surface area contributed by atoms with Crippen molar-refractivity contribution in [2.24, 2.45) is 0 Å². The Balaban J connectivity index is 0.000000176. The first kappa shape index (κ1) is 36.2. The first-order valence-electron chi connectivity index (χ1n) is 14.2. The normalized spacial score (nSPS) is 10.3. The molecule has 7 aromatic carbocycles. The molecule has 0 heterocycles. The van der Waals surface area contributed by atoms with Gasteiger partial charge in [-0.25, -0.2) is 0 Å². The lowest BCUT2D eigenvalue weighted by molar-refractivity contribution is 1.57. The van der Waals surface area contributed by atoms with E-state index in [2.05, 4.69) is 142 Å². The quantitative estimate of drug-likeness (QED) is 0.0920. The molecule has 7 aromatic rings. The van der Waals surface area contributed by atoms with Crippen molar-refractivity contribution < 1.29 is 0 Å². The Morgan fingerprint density at radius 2 is 0.979 bits per heavy atom. The first-order valence-corrected chi connectivity index (χ1v) is 20.4. The van der Waals surface area contributed by atoms with Gasteiger partial charge in [0.15, 0.2) is 0 Å². The predicted octanol–water partition coefficient (Wildman–Crippen LogP) is 15.4. The molecule has 7 rings (SSSR count). The van der Waals surface area contributed by atoms with Gasteiger partial charge in [0.1, 0.15) is 0 Å². The monoisotopic (exact) mass is 1020 g/mol. The maximum absolute atomic E-state index is 6.27. The highest BCUT2D eigenvalue weighted by Gasteiger charge is 2.16. The van der Waals surface area contributed by atoms with Crippen molar-refractivity contribution >= 4 is 130 Å². The number of halogens is 7. The Morgan fingerprint density at radius 3 is 1.68 bits per heavy atom. The van der Waals surface area contributed by atoms with Crippen LogP contribution in [0.4, 0.5) is 0 Å². The minimum Gasteiger partial charge on any atom is -0.0843 e. The molecule has 0 atom stereocenters. The number of fused-ring (bicyclic) bond motifs is 3. The summed E-state index contributed by atoms with van der Waals surface area (Å²) in [6.45, 7) is 0. The van der Waals surface area contributed by atoms with Crippen molar-refractivity contribution in [3.63, 3.8) is 0 Å². The van der Waals surface area contributed by atoms with E-state index in [4.69, 9.17) is 23.2 Å². The Hall–Kier alpha value is -2.09. The zero-order valence-corrected chi connectivity index (χ0v) is 34.2. The summed E-state index contributed by atoms with van der Waals surface area (Å²) in [5.74, 6) is 6.46. The third kappa shape index (κ3) is 8.75. The van der Waals surface area contributed by atoms with Crippen LogP contribution in [0.25, 0.3) is 43.8 Å². The van der Waals surface area contributed by atoms with E-state index in [9.17, 15) is 0 Å². The second kappa shape index (κ2) is 17.5. The van der Waals surface area contributed by atoms with Gasteiger partial charge in [0.2, 0.25) is 0 Å². The summed E-state index contributed by atoms with van der Waals surface area (Å²) < 4.78 is 3.25. The second-order valence-electron chi connectivity index (χ2n) is 10.2. The van der Waals surface area contributed by atoms with Gasteiger partial charge >= 0.3 is 0 Å². The number of benzene rings is 7. The fourth-order valence-corrected chi connectivity index (χ4v) is 7.43. The topological polar surface area (TPSA) is 0 Å². The molecule has 0 unspecified atom stereocenters. The van der Waals surface area contributed by atoms with E-state index >= 15 is 0 Å². The molecule has 0 spiro atoms. The van der Waals surface area contributed by atoms with E-state index in [0.717, 1.165) is 41.8 Å². The van der Waals surface area contributed by atoms with Crippen molar-refractivity contribution in [1.82, 2.24) is 0 Å². The molecule has 47 heavy (non-hydrogen) atoms. The van der Waals surface area contributed by atoms with Gasteiger partial charge in [-0.15, -0.1) is 0 Å². The van der Waals surface area contributed by atoms with E-state index in [1.54, 1.807) is 21.5 Å². The van der Waals surface area contributed by atoms with Crippen LogP contribution in [-0.2, 0) is 0 Å². The fraction of sp³-hybridized carbons (Fsp3) is 0. The maximum Gasteiger partial charge on any atom is 0.0425 e. The molecule has 0 saturated heterocycles. The molecule has 0 saturated carbocycles. The zero-order valence-electron chi connectivity index (χ0n) is 24.4. The zero-order chi connectivity index (χ0) is 33.3. The molecule has 7 heteroatoms. The molecule has 0 aliphatic carbocycles. The standard InChI is InChI=1S/C20H11BrClI.C20H12BrCl.ClI/c21-18-10-9-12(22)11-17(18)19-15-7-3-1-5-13(15)14-6-2-4-8-16(14)20(19)23;21-20-13-12-18(22)14-17(20)11-10-16-8-4-5-9-19(16)15-6-2-1-3-7-15;1-2/h1-11H;1-9,12-14H;.